The van der Waals surface area contributed by atoms with Crippen LogP contribution in [-0.2, 0) is 4.74 Å². The number of hydrogen-bond acceptors (Lipinski definition) is 4. The number of hydrogen-bond donors (Lipinski definition) is 0. The molecule has 0 unspecified atom stereocenters. The summed E-state index contributed by atoms with van der Waals surface area (Å²) in [5, 5.41) is 0. The molecule has 0 aliphatic carbocycles. The van der Waals surface area contributed by atoms with Crippen molar-refractivity contribution in [3.63, 3.8) is 0 Å². The van der Waals surface area contributed by atoms with E-state index in [9.17, 15) is 9.18 Å². The van der Waals surface area contributed by atoms with Gasteiger partial charge in [0.05, 0.1) is 19.8 Å². The van der Waals surface area contributed by atoms with Gasteiger partial charge in [-0.3, -0.25) is 0 Å². The average Bonchev–Trinajstić information content (AvgIpc) is 2.46. The summed E-state index contributed by atoms with van der Waals surface area (Å²) in [5.41, 5.74) is 0.580. The molecule has 0 N–H and O–H groups in total. The Kier molecular flexibility index (Phi) is 3.75. The van der Waals surface area contributed by atoms with E-state index in [1.165, 1.54) is 32.5 Å². The first-order valence-electron chi connectivity index (χ1n) is 5.55. The molecule has 0 amide bonds. The van der Waals surface area contributed by atoms with Crippen molar-refractivity contribution in [1.29, 1.82) is 0 Å². The normalized spacial score (nSPS) is 10.1. The molecule has 0 spiro atoms. The van der Waals surface area contributed by atoms with Gasteiger partial charge in [-0.25, -0.2) is 14.2 Å². The highest BCUT2D eigenvalue weighted by atomic mass is 19.1. The molecule has 2 aromatic rings. The Labute approximate surface area is 109 Å². The fraction of sp³-hybridized carbons (Fsp3) is 0.143. The molecule has 98 valence electrons. The van der Waals surface area contributed by atoms with E-state index in [1.807, 2.05) is 0 Å². The second-order valence-corrected chi connectivity index (χ2v) is 3.71. The van der Waals surface area contributed by atoms with Crippen molar-refractivity contribution in [1.82, 2.24) is 4.98 Å². The fourth-order valence-electron chi connectivity index (χ4n) is 1.80. The number of pyridine rings is 1. The van der Waals surface area contributed by atoms with Crippen molar-refractivity contribution < 1.29 is 18.7 Å². The SMILES string of the molecule is COC(=O)c1ncccc1-c1c(F)cccc1OC. The topological polar surface area (TPSA) is 48.4 Å². The smallest absolute Gasteiger partial charge is 0.357 e. The summed E-state index contributed by atoms with van der Waals surface area (Å²) in [6.07, 6.45) is 1.45. The van der Waals surface area contributed by atoms with Crippen LogP contribution in [0.3, 0.4) is 0 Å². The number of carbonyl (C=O) groups excluding carboxylic acids is 1. The zero-order chi connectivity index (χ0) is 13.8. The van der Waals surface area contributed by atoms with Crippen LogP contribution in [0, 0.1) is 5.82 Å². The molecule has 2 rings (SSSR count). The van der Waals surface area contributed by atoms with Crippen LogP contribution >= 0.6 is 0 Å². The number of methoxy groups -OCH3 is 2. The molecule has 0 bridgehead atoms. The number of ether oxygens (including phenoxy) is 2. The van der Waals surface area contributed by atoms with Gasteiger partial charge in [-0.2, -0.15) is 0 Å². The number of halogens is 1. The summed E-state index contributed by atoms with van der Waals surface area (Å²) in [6.45, 7) is 0. The van der Waals surface area contributed by atoms with Crippen LogP contribution in [0.25, 0.3) is 11.1 Å². The molecule has 19 heavy (non-hydrogen) atoms. The van der Waals surface area contributed by atoms with E-state index in [0.717, 1.165) is 0 Å². The molecule has 5 heteroatoms. The minimum absolute atomic E-state index is 0.0494. The standard InChI is InChI=1S/C14H12FNO3/c1-18-11-7-3-6-10(15)12(11)9-5-4-8-16-13(9)14(17)19-2/h3-8H,1-2H3. The summed E-state index contributed by atoms with van der Waals surface area (Å²) in [7, 11) is 2.69. The first kappa shape index (κ1) is 13.0. The second-order valence-electron chi connectivity index (χ2n) is 3.71. The average molecular weight is 261 g/mol. The van der Waals surface area contributed by atoms with Gasteiger partial charge >= 0.3 is 5.97 Å². The summed E-state index contributed by atoms with van der Waals surface area (Å²) >= 11 is 0. The van der Waals surface area contributed by atoms with Crippen LogP contribution < -0.4 is 4.74 Å². The van der Waals surface area contributed by atoms with Crippen molar-refractivity contribution >= 4 is 5.97 Å². The quantitative estimate of drug-likeness (QED) is 0.797. The van der Waals surface area contributed by atoms with E-state index in [2.05, 4.69) is 9.72 Å². The van der Waals surface area contributed by atoms with Gasteiger partial charge in [0.2, 0.25) is 0 Å². The monoisotopic (exact) mass is 261 g/mol. The van der Waals surface area contributed by atoms with Crippen molar-refractivity contribution in [3.05, 3.63) is 48.0 Å². The van der Waals surface area contributed by atoms with Gasteiger partial charge in [0.15, 0.2) is 5.69 Å². The predicted molar refractivity (Wildman–Crippen MR) is 67.5 cm³/mol. The molecule has 1 aromatic carbocycles. The van der Waals surface area contributed by atoms with Crippen molar-refractivity contribution in [2.45, 2.75) is 0 Å². The zero-order valence-corrected chi connectivity index (χ0v) is 10.5. The van der Waals surface area contributed by atoms with E-state index >= 15 is 0 Å². The minimum Gasteiger partial charge on any atom is -0.496 e. The van der Waals surface area contributed by atoms with E-state index < -0.39 is 11.8 Å². The van der Waals surface area contributed by atoms with Crippen LogP contribution in [-0.4, -0.2) is 25.2 Å². The van der Waals surface area contributed by atoms with Crippen LogP contribution in [0.5, 0.6) is 5.75 Å². The third kappa shape index (κ3) is 2.40. The van der Waals surface area contributed by atoms with Gasteiger partial charge < -0.3 is 9.47 Å². The molecular formula is C14H12FNO3. The highest BCUT2D eigenvalue weighted by molar-refractivity contribution is 5.96. The molecule has 1 heterocycles. The van der Waals surface area contributed by atoms with Gasteiger partial charge in [0.25, 0.3) is 0 Å². The van der Waals surface area contributed by atoms with E-state index in [4.69, 9.17) is 4.74 Å². The summed E-state index contributed by atoms with van der Waals surface area (Å²) in [4.78, 5) is 15.6. The summed E-state index contributed by atoms with van der Waals surface area (Å²) < 4.78 is 23.8. The number of nitrogens with zero attached hydrogens (tertiary/aromatic N) is 1. The molecule has 0 atom stereocenters. The molecule has 0 aliphatic rings. The minimum atomic E-state index is -0.624. The lowest BCUT2D eigenvalue weighted by molar-refractivity contribution is 0.0595. The van der Waals surface area contributed by atoms with E-state index in [-0.39, 0.29) is 11.3 Å². The van der Waals surface area contributed by atoms with Crippen molar-refractivity contribution in [2.75, 3.05) is 14.2 Å². The molecule has 0 saturated carbocycles. The molecule has 0 fully saturated rings. The Morgan fingerprint density at radius 1 is 1.21 bits per heavy atom. The molecule has 0 saturated heterocycles. The van der Waals surface area contributed by atoms with Gasteiger partial charge in [-0.15, -0.1) is 0 Å². The highest BCUT2D eigenvalue weighted by Gasteiger charge is 2.20. The van der Waals surface area contributed by atoms with Gasteiger partial charge in [-0.05, 0) is 18.2 Å². The maximum atomic E-state index is 14.0. The summed E-state index contributed by atoms with van der Waals surface area (Å²) in [6, 6.07) is 7.66. The van der Waals surface area contributed by atoms with Crippen molar-refractivity contribution in [3.8, 4) is 16.9 Å². The third-order valence-electron chi connectivity index (χ3n) is 2.65. The Hall–Kier alpha value is -2.43. The van der Waals surface area contributed by atoms with Gasteiger partial charge in [0.1, 0.15) is 11.6 Å². The predicted octanol–water partition coefficient (Wildman–Crippen LogP) is 2.68. The fourth-order valence-corrected chi connectivity index (χ4v) is 1.80. The highest BCUT2D eigenvalue weighted by Crippen LogP contribution is 2.34. The first-order chi connectivity index (χ1) is 9.19. The molecule has 1 aromatic heterocycles. The van der Waals surface area contributed by atoms with E-state index in [1.54, 1.807) is 18.2 Å². The third-order valence-corrected chi connectivity index (χ3v) is 2.65. The van der Waals surface area contributed by atoms with Crippen LogP contribution in [0.2, 0.25) is 0 Å². The second kappa shape index (κ2) is 5.48. The largest absolute Gasteiger partial charge is 0.496 e. The number of carbonyl (C=O) groups is 1. The van der Waals surface area contributed by atoms with Gasteiger partial charge in [-0.1, -0.05) is 12.1 Å². The maximum absolute atomic E-state index is 14.0. The molecule has 4 nitrogen and oxygen atoms in total. The Morgan fingerprint density at radius 3 is 2.68 bits per heavy atom. The Morgan fingerprint density at radius 2 is 2.00 bits per heavy atom. The number of esters is 1. The zero-order valence-electron chi connectivity index (χ0n) is 10.5. The number of aromatic nitrogens is 1. The van der Waals surface area contributed by atoms with Crippen LogP contribution in [0.15, 0.2) is 36.5 Å². The maximum Gasteiger partial charge on any atom is 0.357 e. The Balaban J connectivity index is 2.69. The van der Waals surface area contributed by atoms with Crippen molar-refractivity contribution in [2.24, 2.45) is 0 Å². The lowest BCUT2D eigenvalue weighted by atomic mass is 10.0. The Bertz CT molecular complexity index is 613. The lowest BCUT2D eigenvalue weighted by Crippen LogP contribution is -2.07. The molecule has 0 aliphatic heterocycles. The lowest BCUT2D eigenvalue weighted by Gasteiger charge is -2.11. The molecule has 0 radical (unpaired) electrons. The van der Waals surface area contributed by atoms with Crippen LogP contribution in [0.1, 0.15) is 10.5 Å². The number of benzene rings is 1. The molecular weight excluding hydrogens is 249 g/mol. The summed E-state index contributed by atoms with van der Waals surface area (Å²) in [5.74, 6) is -0.781. The van der Waals surface area contributed by atoms with Crippen LogP contribution in [0.4, 0.5) is 4.39 Å². The van der Waals surface area contributed by atoms with E-state index in [0.29, 0.717) is 11.3 Å². The number of rotatable bonds is 3. The first-order valence-corrected chi connectivity index (χ1v) is 5.55. The van der Waals surface area contributed by atoms with Gasteiger partial charge in [0, 0.05) is 11.8 Å².